The summed E-state index contributed by atoms with van der Waals surface area (Å²) in [6, 6.07) is 6.66. The van der Waals surface area contributed by atoms with Gasteiger partial charge in [0, 0.05) is 16.8 Å². The number of aromatic nitrogens is 2. The van der Waals surface area contributed by atoms with E-state index < -0.39 is 18.5 Å². The van der Waals surface area contributed by atoms with Crippen molar-refractivity contribution in [2.45, 2.75) is 13.3 Å². The van der Waals surface area contributed by atoms with Crippen LogP contribution in [0.1, 0.15) is 16.8 Å². The van der Waals surface area contributed by atoms with Gasteiger partial charge in [0.05, 0.1) is 12.6 Å². The summed E-state index contributed by atoms with van der Waals surface area (Å²) < 4.78 is 5.12. The van der Waals surface area contributed by atoms with Gasteiger partial charge >= 0.3 is 5.97 Å². The lowest BCUT2D eigenvalue weighted by atomic mass is 10.2. The van der Waals surface area contributed by atoms with Crippen molar-refractivity contribution in [1.29, 1.82) is 0 Å². The van der Waals surface area contributed by atoms with Crippen molar-refractivity contribution in [2.75, 3.05) is 6.61 Å². The summed E-state index contributed by atoms with van der Waals surface area (Å²) in [6.07, 6.45) is 1.22. The number of aliphatic carboxylic acids is 1. The van der Waals surface area contributed by atoms with E-state index in [4.69, 9.17) is 9.84 Å². The van der Waals surface area contributed by atoms with Gasteiger partial charge in [0.1, 0.15) is 5.75 Å². The number of hydrogen-bond acceptors (Lipinski definition) is 5. The smallest absolute Gasteiger partial charge is 0.341 e. The molecule has 126 valence electrons. The number of rotatable bonds is 7. The van der Waals surface area contributed by atoms with Crippen LogP contribution in [0.25, 0.3) is 0 Å². The zero-order chi connectivity index (χ0) is 17.5. The molecule has 0 aliphatic carbocycles. The molecule has 0 atom stereocenters. The SMILES string of the molecule is Cc1[nH][nH]c(=O)c1CC(=O)NN=Cc1ccccc1OCC(=O)O. The molecule has 0 aliphatic rings. The lowest BCUT2D eigenvalue weighted by Gasteiger charge is -2.06. The topological polar surface area (TPSA) is 137 Å². The second kappa shape index (κ2) is 7.77. The third-order valence-corrected chi connectivity index (χ3v) is 3.09. The van der Waals surface area contributed by atoms with Crippen molar-refractivity contribution >= 4 is 18.1 Å². The number of carbonyl (C=O) groups excluding carboxylic acids is 1. The Bertz CT molecular complexity index is 821. The minimum absolute atomic E-state index is 0.112. The van der Waals surface area contributed by atoms with Crippen molar-refractivity contribution in [3.05, 3.63) is 51.4 Å². The summed E-state index contributed by atoms with van der Waals surface area (Å²) in [7, 11) is 0. The van der Waals surface area contributed by atoms with Crippen LogP contribution in [0.3, 0.4) is 0 Å². The molecule has 2 rings (SSSR count). The number of para-hydroxylation sites is 1. The van der Waals surface area contributed by atoms with Crippen LogP contribution in [0.15, 0.2) is 34.2 Å². The van der Waals surface area contributed by atoms with Gasteiger partial charge in [-0.25, -0.2) is 10.2 Å². The molecule has 24 heavy (non-hydrogen) atoms. The van der Waals surface area contributed by atoms with Gasteiger partial charge in [-0.3, -0.25) is 14.7 Å². The molecular weight excluding hydrogens is 316 g/mol. The van der Waals surface area contributed by atoms with E-state index in [-0.39, 0.29) is 12.0 Å². The van der Waals surface area contributed by atoms with E-state index in [0.717, 1.165) is 0 Å². The average Bonchev–Trinajstić information content (AvgIpc) is 2.86. The molecular formula is C15H16N4O5. The Labute approximate surface area is 136 Å². The van der Waals surface area contributed by atoms with Gasteiger partial charge in [-0.15, -0.1) is 0 Å². The summed E-state index contributed by atoms with van der Waals surface area (Å²) in [5.74, 6) is -1.22. The number of nitrogens with one attached hydrogen (secondary N) is 3. The Balaban J connectivity index is 1.97. The molecule has 0 aliphatic heterocycles. The molecule has 1 aromatic heterocycles. The summed E-state index contributed by atoms with van der Waals surface area (Å²) in [4.78, 5) is 33.8. The predicted octanol–water partition coefficient (Wildman–Crippen LogP) is 0.168. The number of benzene rings is 1. The van der Waals surface area contributed by atoms with Gasteiger partial charge in [0.2, 0.25) is 5.91 Å². The minimum Gasteiger partial charge on any atom is -0.481 e. The number of H-pyrrole nitrogens is 2. The Morgan fingerprint density at radius 2 is 2.08 bits per heavy atom. The highest BCUT2D eigenvalue weighted by molar-refractivity contribution is 5.85. The highest BCUT2D eigenvalue weighted by Crippen LogP contribution is 2.15. The third kappa shape index (κ3) is 4.57. The van der Waals surface area contributed by atoms with Crippen LogP contribution in [0, 0.1) is 6.92 Å². The number of amides is 1. The van der Waals surface area contributed by atoms with Crippen LogP contribution >= 0.6 is 0 Å². The maximum atomic E-state index is 11.8. The summed E-state index contributed by atoms with van der Waals surface area (Å²) in [5, 5.41) is 17.5. The number of aromatic amines is 2. The number of aryl methyl sites for hydroxylation is 1. The number of hydrogen-bond donors (Lipinski definition) is 4. The van der Waals surface area contributed by atoms with Gasteiger partial charge in [-0.05, 0) is 19.1 Å². The second-order valence-corrected chi connectivity index (χ2v) is 4.87. The van der Waals surface area contributed by atoms with E-state index in [1.165, 1.54) is 6.21 Å². The van der Waals surface area contributed by atoms with Crippen LogP contribution in [-0.4, -0.2) is 40.0 Å². The van der Waals surface area contributed by atoms with Crippen LogP contribution < -0.4 is 15.7 Å². The molecule has 0 unspecified atom stereocenters. The molecule has 1 heterocycles. The normalized spacial score (nSPS) is 10.7. The molecule has 4 N–H and O–H groups in total. The third-order valence-electron chi connectivity index (χ3n) is 3.09. The average molecular weight is 332 g/mol. The van der Waals surface area contributed by atoms with Crippen LogP contribution in [0.2, 0.25) is 0 Å². The fourth-order valence-electron chi connectivity index (χ4n) is 1.92. The van der Waals surface area contributed by atoms with Crippen LogP contribution in [0.5, 0.6) is 5.75 Å². The first-order valence-corrected chi connectivity index (χ1v) is 6.99. The van der Waals surface area contributed by atoms with Crippen LogP contribution in [-0.2, 0) is 16.0 Å². The molecule has 0 saturated carbocycles. The van der Waals surface area contributed by atoms with Gasteiger partial charge < -0.3 is 14.9 Å². The van der Waals surface area contributed by atoms with Crippen molar-refractivity contribution in [1.82, 2.24) is 15.6 Å². The highest BCUT2D eigenvalue weighted by atomic mass is 16.5. The standard InChI is InChI=1S/C15H16N4O5/c1-9-11(15(23)19-17-9)6-13(20)18-16-7-10-4-2-3-5-12(10)24-8-14(21)22/h2-5,7H,6,8H2,1H3,(H,18,20)(H,21,22)(H2,17,19,23). The Morgan fingerprint density at radius 3 is 2.75 bits per heavy atom. The molecule has 1 aromatic carbocycles. The molecule has 9 heteroatoms. The van der Waals surface area contributed by atoms with Gasteiger partial charge in [0.25, 0.3) is 5.56 Å². The zero-order valence-corrected chi connectivity index (χ0v) is 12.8. The van der Waals surface area contributed by atoms with E-state index in [1.807, 2.05) is 0 Å². The second-order valence-electron chi connectivity index (χ2n) is 4.87. The predicted molar refractivity (Wildman–Crippen MR) is 85.2 cm³/mol. The minimum atomic E-state index is -1.10. The molecule has 1 amide bonds. The molecule has 0 saturated heterocycles. The first-order chi connectivity index (χ1) is 11.5. The van der Waals surface area contributed by atoms with Crippen molar-refractivity contribution in [3.8, 4) is 5.75 Å². The number of carbonyl (C=O) groups is 2. The number of carboxylic acids is 1. The largest absolute Gasteiger partial charge is 0.481 e. The zero-order valence-electron chi connectivity index (χ0n) is 12.8. The lowest BCUT2D eigenvalue weighted by Crippen LogP contribution is -2.23. The van der Waals surface area contributed by atoms with E-state index >= 15 is 0 Å². The van der Waals surface area contributed by atoms with E-state index in [0.29, 0.717) is 22.6 Å². The summed E-state index contributed by atoms with van der Waals surface area (Å²) >= 11 is 0. The molecule has 0 bridgehead atoms. The van der Waals surface area contributed by atoms with Crippen LogP contribution in [0.4, 0.5) is 0 Å². The maximum absolute atomic E-state index is 11.8. The number of carboxylic acid groups (broad SMARTS) is 1. The fourth-order valence-corrected chi connectivity index (χ4v) is 1.92. The lowest BCUT2D eigenvalue weighted by molar-refractivity contribution is -0.139. The van der Waals surface area contributed by atoms with Gasteiger partial charge in [-0.2, -0.15) is 5.10 Å². The molecule has 2 aromatic rings. The van der Waals surface area contributed by atoms with Gasteiger partial charge in [0.15, 0.2) is 6.61 Å². The quantitative estimate of drug-likeness (QED) is 0.423. The Hall–Kier alpha value is -3.36. The van der Waals surface area contributed by atoms with Gasteiger partial charge in [-0.1, -0.05) is 12.1 Å². The fraction of sp³-hybridized carbons (Fsp3) is 0.200. The summed E-state index contributed by atoms with van der Waals surface area (Å²) in [5.41, 5.74) is 3.40. The molecule has 0 fully saturated rings. The van der Waals surface area contributed by atoms with E-state index in [9.17, 15) is 14.4 Å². The first kappa shape index (κ1) is 17.0. The first-order valence-electron chi connectivity index (χ1n) is 6.99. The number of nitrogens with zero attached hydrogens (tertiary/aromatic N) is 1. The van der Waals surface area contributed by atoms with E-state index in [1.54, 1.807) is 31.2 Å². The molecule has 0 radical (unpaired) electrons. The molecule has 9 nitrogen and oxygen atoms in total. The molecule has 0 spiro atoms. The maximum Gasteiger partial charge on any atom is 0.341 e. The van der Waals surface area contributed by atoms with E-state index in [2.05, 4.69) is 20.7 Å². The summed E-state index contributed by atoms with van der Waals surface area (Å²) in [6.45, 7) is 1.20. The number of hydrazone groups is 1. The van der Waals surface area contributed by atoms with Crippen molar-refractivity contribution in [3.63, 3.8) is 0 Å². The monoisotopic (exact) mass is 332 g/mol. The Kier molecular flexibility index (Phi) is 5.50. The highest BCUT2D eigenvalue weighted by Gasteiger charge is 2.10. The van der Waals surface area contributed by atoms with Crippen molar-refractivity contribution in [2.24, 2.45) is 5.10 Å². The Morgan fingerprint density at radius 1 is 1.33 bits per heavy atom. The van der Waals surface area contributed by atoms with Crippen molar-refractivity contribution < 1.29 is 19.4 Å². The number of ether oxygens (including phenoxy) is 1.